The summed E-state index contributed by atoms with van der Waals surface area (Å²) in [6.07, 6.45) is -4.70. The summed E-state index contributed by atoms with van der Waals surface area (Å²) in [5.74, 6) is -1.50. The molecule has 1 aliphatic heterocycles. The van der Waals surface area contributed by atoms with E-state index in [9.17, 15) is 17.7 Å². The summed E-state index contributed by atoms with van der Waals surface area (Å²) < 4.78 is 62.0. The van der Waals surface area contributed by atoms with Gasteiger partial charge in [-0.05, 0) is 5.56 Å². The first kappa shape index (κ1) is 18.0. The van der Waals surface area contributed by atoms with Crippen LogP contribution in [-0.2, 0) is 14.9 Å². The van der Waals surface area contributed by atoms with Gasteiger partial charge in [-0.25, -0.2) is 0 Å². The third kappa shape index (κ3) is 2.73. The molecule has 0 N–H and O–H groups in total. The maximum absolute atomic E-state index is 14.2. The van der Waals surface area contributed by atoms with Crippen molar-refractivity contribution in [2.75, 3.05) is 0 Å². The van der Waals surface area contributed by atoms with Crippen molar-refractivity contribution >= 4 is 17.8 Å². The van der Waals surface area contributed by atoms with Crippen LogP contribution < -0.4 is 10.6 Å². The van der Waals surface area contributed by atoms with Crippen molar-refractivity contribution in [3.8, 4) is 0 Å². The van der Waals surface area contributed by atoms with E-state index in [0.717, 1.165) is 0 Å². The molecule has 0 saturated carbocycles. The van der Waals surface area contributed by atoms with Crippen LogP contribution in [0, 0.1) is 0 Å². The van der Waals surface area contributed by atoms with Gasteiger partial charge in [0.15, 0.2) is 13.0 Å². The minimum Gasteiger partial charge on any atom is -0.343 e. The third-order valence-electron chi connectivity index (χ3n) is 4.82. The first-order valence-corrected chi connectivity index (χ1v) is 10.2. The van der Waals surface area contributed by atoms with Crippen LogP contribution in [0.5, 0.6) is 0 Å². The van der Waals surface area contributed by atoms with Gasteiger partial charge >= 0.3 is 6.18 Å². The van der Waals surface area contributed by atoms with E-state index in [4.69, 9.17) is 4.74 Å². The lowest BCUT2D eigenvalue weighted by atomic mass is 9.99. The summed E-state index contributed by atoms with van der Waals surface area (Å²) in [5, 5.41) is 0.700. The first-order chi connectivity index (χ1) is 12.9. The largest absolute Gasteiger partial charge is 0.424 e. The number of hydrogen-bond donors (Lipinski definition) is 0. The lowest BCUT2D eigenvalue weighted by Gasteiger charge is -2.22. The van der Waals surface area contributed by atoms with Crippen LogP contribution in [0.25, 0.3) is 0 Å². The lowest BCUT2D eigenvalue weighted by molar-refractivity contribution is -0.187. The summed E-state index contributed by atoms with van der Waals surface area (Å²) in [7, 11) is -3.71. The maximum Gasteiger partial charge on any atom is 0.424 e. The first-order valence-electron chi connectivity index (χ1n) is 8.42. The zero-order valence-corrected chi connectivity index (χ0v) is 15.0. The van der Waals surface area contributed by atoms with Gasteiger partial charge in [0.25, 0.3) is 0 Å². The highest BCUT2D eigenvalue weighted by molar-refractivity contribution is 7.79. The van der Waals surface area contributed by atoms with Crippen molar-refractivity contribution in [2.24, 2.45) is 0 Å². The molecule has 27 heavy (non-hydrogen) atoms. The summed E-state index contributed by atoms with van der Waals surface area (Å²) in [5.41, 5.74) is -2.61. The normalized spacial score (nSPS) is 22.4. The Morgan fingerprint density at radius 2 is 1.15 bits per heavy atom. The number of alkyl halides is 3. The number of hydrogen-bond acceptors (Lipinski definition) is 2. The molecule has 138 valence electrons. The molecule has 1 saturated heterocycles. The third-order valence-corrected chi connectivity index (χ3v) is 8.08. The SMILES string of the molecule is O=P(c1ccccc1)(c1ccccc1)[C@H]1O[C@@]1(c1ccccc1)C(F)(F)F. The molecule has 1 aliphatic rings. The monoisotopic (exact) mass is 388 g/mol. The molecule has 2 atom stereocenters. The van der Waals surface area contributed by atoms with Gasteiger partial charge in [0.2, 0.25) is 5.60 Å². The lowest BCUT2D eigenvalue weighted by Crippen LogP contribution is -2.35. The second-order valence-corrected chi connectivity index (χ2v) is 9.22. The second kappa shape index (κ2) is 6.36. The van der Waals surface area contributed by atoms with Gasteiger partial charge < -0.3 is 9.30 Å². The van der Waals surface area contributed by atoms with Crippen LogP contribution in [0.15, 0.2) is 91.0 Å². The topological polar surface area (TPSA) is 29.6 Å². The van der Waals surface area contributed by atoms with Gasteiger partial charge in [-0.1, -0.05) is 91.0 Å². The highest BCUT2D eigenvalue weighted by Crippen LogP contribution is 2.71. The molecule has 0 amide bonds. The molecule has 0 unspecified atom stereocenters. The van der Waals surface area contributed by atoms with Gasteiger partial charge in [-0.2, -0.15) is 13.2 Å². The van der Waals surface area contributed by atoms with Crippen molar-refractivity contribution in [2.45, 2.75) is 17.6 Å². The van der Waals surface area contributed by atoms with E-state index < -0.39 is 24.8 Å². The molecule has 0 spiro atoms. The summed E-state index contributed by atoms with van der Waals surface area (Å²) >= 11 is 0. The summed E-state index contributed by atoms with van der Waals surface area (Å²) in [6, 6.07) is 24.0. The van der Waals surface area contributed by atoms with Crippen LogP contribution >= 0.6 is 7.14 Å². The molecule has 0 aromatic heterocycles. The maximum atomic E-state index is 14.2. The van der Waals surface area contributed by atoms with E-state index in [0.29, 0.717) is 10.6 Å². The van der Waals surface area contributed by atoms with Crippen molar-refractivity contribution in [3.05, 3.63) is 96.6 Å². The number of halogens is 3. The van der Waals surface area contributed by atoms with E-state index >= 15 is 0 Å². The van der Waals surface area contributed by atoms with Gasteiger partial charge in [0.05, 0.1) is 0 Å². The Balaban J connectivity index is 1.92. The molecular weight excluding hydrogens is 372 g/mol. The molecular formula is C21H16F3O2P. The Hall–Kier alpha value is -2.36. The smallest absolute Gasteiger partial charge is 0.343 e. The molecule has 4 rings (SSSR count). The van der Waals surface area contributed by atoms with Gasteiger partial charge in [-0.3, -0.25) is 0 Å². The molecule has 0 radical (unpaired) electrons. The van der Waals surface area contributed by atoms with Crippen LogP contribution in [0.4, 0.5) is 13.2 Å². The molecule has 1 fully saturated rings. The second-order valence-electron chi connectivity index (χ2n) is 6.40. The van der Waals surface area contributed by atoms with E-state index in [1.54, 1.807) is 66.7 Å². The Morgan fingerprint density at radius 1 is 0.741 bits per heavy atom. The fourth-order valence-corrected chi connectivity index (χ4v) is 6.65. The van der Waals surface area contributed by atoms with Gasteiger partial charge in [0, 0.05) is 10.6 Å². The number of benzene rings is 3. The van der Waals surface area contributed by atoms with Crippen molar-refractivity contribution in [1.29, 1.82) is 0 Å². The molecule has 2 nitrogen and oxygen atoms in total. The Bertz CT molecular complexity index is 931. The standard InChI is InChI=1S/C21H16F3O2P/c22-21(23,24)20(16-10-4-1-5-11-16)19(26-20)27(25,17-12-6-2-7-13-17)18-14-8-3-9-15-18/h1-15,19H/t19-,20-/m1/s1. The van der Waals surface area contributed by atoms with Crippen molar-refractivity contribution < 1.29 is 22.5 Å². The fraction of sp³-hybridized carbons (Fsp3) is 0.143. The van der Waals surface area contributed by atoms with E-state index in [1.165, 1.54) is 24.3 Å². The van der Waals surface area contributed by atoms with Crippen molar-refractivity contribution in [1.82, 2.24) is 0 Å². The van der Waals surface area contributed by atoms with Crippen LogP contribution in [-0.4, -0.2) is 12.0 Å². The average Bonchev–Trinajstić information content (AvgIpc) is 3.47. The zero-order chi connectivity index (χ0) is 19.1. The Kier molecular flexibility index (Phi) is 4.25. The molecule has 3 aromatic carbocycles. The Labute approximate surface area is 155 Å². The molecule has 1 heterocycles. The van der Waals surface area contributed by atoms with E-state index in [-0.39, 0.29) is 5.56 Å². The predicted molar refractivity (Wildman–Crippen MR) is 98.8 cm³/mol. The predicted octanol–water partition coefficient (Wildman–Crippen LogP) is 4.81. The number of rotatable bonds is 4. The van der Waals surface area contributed by atoms with E-state index in [1.807, 2.05) is 0 Å². The summed E-state index contributed by atoms with van der Waals surface area (Å²) in [4.78, 5) is 0. The Morgan fingerprint density at radius 3 is 1.56 bits per heavy atom. The molecule has 0 aliphatic carbocycles. The van der Waals surface area contributed by atoms with Crippen LogP contribution in [0.3, 0.4) is 0 Å². The summed E-state index contributed by atoms with van der Waals surface area (Å²) in [6.45, 7) is 0. The number of epoxide rings is 1. The highest BCUT2D eigenvalue weighted by Gasteiger charge is 2.79. The quantitative estimate of drug-likeness (QED) is 0.474. The minimum atomic E-state index is -4.70. The number of ether oxygens (including phenoxy) is 1. The molecule has 3 aromatic rings. The van der Waals surface area contributed by atoms with Gasteiger partial charge in [-0.15, -0.1) is 0 Å². The van der Waals surface area contributed by atoms with Crippen LogP contribution in [0.1, 0.15) is 5.56 Å². The van der Waals surface area contributed by atoms with E-state index in [2.05, 4.69) is 0 Å². The zero-order valence-electron chi connectivity index (χ0n) is 14.1. The average molecular weight is 388 g/mol. The molecule has 6 heteroatoms. The van der Waals surface area contributed by atoms with Crippen molar-refractivity contribution in [3.63, 3.8) is 0 Å². The molecule has 0 bridgehead atoms. The highest BCUT2D eigenvalue weighted by atomic mass is 31.2. The fourth-order valence-electron chi connectivity index (χ4n) is 3.46. The van der Waals surface area contributed by atoms with Gasteiger partial charge in [0.1, 0.15) is 0 Å². The minimum absolute atomic E-state index is 0.0328. The van der Waals surface area contributed by atoms with Crippen LogP contribution in [0.2, 0.25) is 0 Å².